The number of methoxy groups -OCH3 is 1. The number of nitrogens with two attached hydrogens (primary N) is 1. The Morgan fingerprint density at radius 3 is 2.65 bits per heavy atom. The number of nitrogens with one attached hydrogen (secondary N) is 1. The third-order valence-corrected chi connectivity index (χ3v) is 2.75. The lowest BCUT2D eigenvalue weighted by Crippen LogP contribution is -2.12. The zero-order valence-corrected chi connectivity index (χ0v) is 11.2. The van der Waals surface area contributed by atoms with Gasteiger partial charge in [-0.3, -0.25) is 0 Å². The van der Waals surface area contributed by atoms with E-state index in [9.17, 15) is 4.39 Å². The lowest BCUT2D eigenvalue weighted by atomic mass is 10.2. The summed E-state index contributed by atoms with van der Waals surface area (Å²) in [7, 11) is 1.49. The van der Waals surface area contributed by atoms with Crippen molar-refractivity contribution in [3.05, 3.63) is 48.3 Å². The number of para-hydroxylation sites is 1. The standard InChI is InChI=1S/C15H17FN2O2/c1-19-15-10-14(12(16)9-13(15)17)18-7-8-20-11-5-3-2-4-6-11/h2-6,9-10,18H,7-8,17H2,1H3. The van der Waals surface area contributed by atoms with Gasteiger partial charge in [0, 0.05) is 18.7 Å². The van der Waals surface area contributed by atoms with Crippen molar-refractivity contribution in [2.75, 3.05) is 31.3 Å². The van der Waals surface area contributed by atoms with Crippen LogP contribution in [0.4, 0.5) is 15.8 Å². The minimum atomic E-state index is -0.414. The van der Waals surface area contributed by atoms with Crippen molar-refractivity contribution in [1.29, 1.82) is 0 Å². The molecule has 5 heteroatoms. The van der Waals surface area contributed by atoms with Gasteiger partial charge in [-0.15, -0.1) is 0 Å². The number of ether oxygens (including phenoxy) is 2. The van der Waals surface area contributed by atoms with Gasteiger partial charge in [-0.1, -0.05) is 18.2 Å². The highest BCUT2D eigenvalue weighted by Gasteiger charge is 2.07. The normalized spacial score (nSPS) is 10.1. The molecule has 0 radical (unpaired) electrons. The zero-order chi connectivity index (χ0) is 14.4. The van der Waals surface area contributed by atoms with E-state index >= 15 is 0 Å². The third kappa shape index (κ3) is 3.54. The number of hydrogen-bond donors (Lipinski definition) is 2. The largest absolute Gasteiger partial charge is 0.495 e. The molecule has 2 rings (SSSR count). The third-order valence-electron chi connectivity index (χ3n) is 2.75. The van der Waals surface area contributed by atoms with Gasteiger partial charge in [-0.05, 0) is 12.1 Å². The first-order valence-electron chi connectivity index (χ1n) is 6.25. The van der Waals surface area contributed by atoms with E-state index in [1.807, 2.05) is 30.3 Å². The summed E-state index contributed by atoms with van der Waals surface area (Å²) in [6.45, 7) is 0.898. The van der Waals surface area contributed by atoms with E-state index in [0.717, 1.165) is 5.75 Å². The van der Waals surface area contributed by atoms with E-state index in [1.165, 1.54) is 19.2 Å². The number of anilines is 2. The SMILES string of the molecule is COc1cc(NCCOc2ccccc2)c(F)cc1N. The van der Waals surface area contributed by atoms with Crippen LogP contribution in [0, 0.1) is 5.82 Å². The number of rotatable bonds is 6. The lowest BCUT2D eigenvalue weighted by Gasteiger charge is -2.12. The van der Waals surface area contributed by atoms with Crippen molar-refractivity contribution < 1.29 is 13.9 Å². The fourth-order valence-corrected chi connectivity index (χ4v) is 1.75. The minimum absolute atomic E-state index is 0.274. The maximum Gasteiger partial charge on any atom is 0.148 e. The molecule has 0 aromatic heterocycles. The Kier molecular flexibility index (Phi) is 4.65. The van der Waals surface area contributed by atoms with Crippen molar-refractivity contribution >= 4 is 11.4 Å². The number of halogens is 1. The monoisotopic (exact) mass is 276 g/mol. The van der Waals surface area contributed by atoms with Gasteiger partial charge in [0.1, 0.15) is 23.9 Å². The number of benzene rings is 2. The van der Waals surface area contributed by atoms with Gasteiger partial charge < -0.3 is 20.5 Å². The number of nitrogen functional groups attached to an aromatic ring is 1. The molecule has 2 aromatic rings. The van der Waals surface area contributed by atoms with E-state index in [-0.39, 0.29) is 5.69 Å². The summed E-state index contributed by atoms with van der Waals surface area (Å²) in [6, 6.07) is 12.2. The summed E-state index contributed by atoms with van der Waals surface area (Å²) in [5.41, 5.74) is 6.23. The molecule has 106 valence electrons. The molecule has 0 saturated carbocycles. The molecule has 20 heavy (non-hydrogen) atoms. The van der Waals surface area contributed by atoms with Crippen LogP contribution in [0.25, 0.3) is 0 Å². The van der Waals surface area contributed by atoms with Gasteiger partial charge in [0.25, 0.3) is 0 Å². The quantitative estimate of drug-likeness (QED) is 0.629. The molecule has 0 aliphatic heterocycles. The van der Waals surface area contributed by atoms with E-state index in [1.54, 1.807) is 0 Å². The van der Waals surface area contributed by atoms with Crippen LogP contribution in [-0.2, 0) is 0 Å². The molecule has 4 nitrogen and oxygen atoms in total. The molecule has 0 atom stereocenters. The molecule has 2 aromatic carbocycles. The van der Waals surface area contributed by atoms with Gasteiger partial charge in [-0.2, -0.15) is 0 Å². The molecule has 0 fully saturated rings. The van der Waals surface area contributed by atoms with Crippen LogP contribution < -0.4 is 20.5 Å². The van der Waals surface area contributed by atoms with E-state index in [0.29, 0.717) is 24.6 Å². The molecular formula is C15H17FN2O2. The van der Waals surface area contributed by atoms with Crippen LogP contribution in [0.15, 0.2) is 42.5 Å². The zero-order valence-electron chi connectivity index (χ0n) is 11.2. The Morgan fingerprint density at radius 1 is 1.20 bits per heavy atom. The smallest absolute Gasteiger partial charge is 0.148 e. The second-order valence-electron chi connectivity index (χ2n) is 4.16. The molecule has 0 aliphatic carbocycles. The van der Waals surface area contributed by atoms with Gasteiger partial charge in [0.2, 0.25) is 0 Å². The maximum atomic E-state index is 13.7. The van der Waals surface area contributed by atoms with E-state index in [2.05, 4.69) is 5.32 Å². The number of hydrogen-bond acceptors (Lipinski definition) is 4. The molecule has 0 unspecified atom stereocenters. The van der Waals surface area contributed by atoms with Crippen LogP contribution in [0.3, 0.4) is 0 Å². The van der Waals surface area contributed by atoms with Crippen molar-refractivity contribution in [1.82, 2.24) is 0 Å². The summed E-state index contributed by atoms with van der Waals surface area (Å²) in [5.74, 6) is 0.811. The Bertz CT molecular complexity index is 561. The maximum absolute atomic E-state index is 13.7. The topological polar surface area (TPSA) is 56.5 Å². The second-order valence-corrected chi connectivity index (χ2v) is 4.16. The first-order valence-corrected chi connectivity index (χ1v) is 6.25. The molecule has 0 bridgehead atoms. The second kappa shape index (κ2) is 6.65. The molecule has 0 spiro atoms. The Morgan fingerprint density at radius 2 is 1.95 bits per heavy atom. The van der Waals surface area contributed by atoms with Crippen LogP contribution in [-0.4, -0.2) is 20.3 Å². The molecule has 3 N–H and O–H groups in total. The molecular weight excluding hydrogens is 259 g/mol. The van der Waals surface area contributed by atoms with E-state index in [4.69, 9.17) is 15.2 Å². The van der Waals surface area contributed by atoms with Gasteiger partial charge >= 0.3 is 0 Å². The van der Waals surface area contributed by atoms with Crippen molar-refractivity contribution in [2.24, 2.45) is 0 Å². The van der Waals surface area contributed by atoms with Gasteiger partial charge in [-0.25, -0.2) is 4.39 Å². The van der Waals surface area contributed by atoms with Gasteiger partial charge in [0.05, 0.1) is 18.5 Å². The summed E-state index contributed by atoms with van der Waals surface area (Å²) in [4.78, 5) is 0. The predicted octanol–water partition coefficient (Wildman–Crippen LogP) is 2.91. The molecule has 0 saturated heterocycles. The summed E-state index contributed by atoms with van der Waals surface area (Å²) in [5, 5.41) is 2.95. The first kappa shape index (κ1) is 14.0. The average molecular weight is 276 g/mol. The summed E-state index contributed by atoms with van der Waals surface area (Å²) < 4.78 is 24.2. The van der Waals surface area contributed by atoms with Crippen LogP contribution in [0.1, 0.15) is 0 Å². The van der Waals surface area contributed by atoms with Crippen LogP contribution in [0.5, 0.6) is 11.5 Å². The highest BCUT2D eigenvalue weighted by molar-refractivity contribution is 5.62. The van der Waals surface area contributed by atoms with E-state index < -0.39 is 5.82 Å². The lowest BCUT2D eigenvalue weighted by molar-refractivity contribution is 0.332. The van der Waals surface area contributed by atoms with Crippen molar-refractivity contribution in [2.45, 2.75) is 0 Å². The van der Waals surface area contributed by atoms with Crippen LogP contribution >= 0.6 is 0 Å². The first-order chi connectivity index (χ1) is 9.70. The fraction of sp³-hybridized carbons (Fsp3) is 0.200. The molecule has 0 aliphatic rings. The highest BCUT2D eigenvalue weighted by Crippen LogP contribution is 2.28. The highest BCUT2D eigenvalue weighted by atomic mass is 19.1. The minimum Gasteiger partial charge on any atom is -0.495 e. The van der Waals surface area contributed by atoms with Crippen LogP contribution in [0.2, 0.25) is 0 Å². The molecule has 0 amide bonds. The van der Waals surface area contributed by atoms with Crippen molar-refractivity contribution in [3.63, 3.8) is 0 Å². The van der Waals surface area contributed by atoms with Crippen molar-refractivity contribution in [3.8, 4) is 11.5 Å². The van der Waals surface area contributed by atoms with Gasteiger partial charge in [0.15, 0.2) is 0 Å². The fourth-order valence-electron chi connectivity index (χ4n) is 1.75. The Balaban J connectivity index is 1.88. The Hall–Kier alpha value is -2.43. The Labute approximate surface area is 117 Å². The average Bonchev–Trinajstić information content (AvgIpc) is 2.46. The predicted molar refractivity (Wildman–Crippen MR) is 77.8 cm³/mol. The molecule has 0 heterocycles. The summed E-state index contributed by atoms with van der Waals surface area (Å²) in [6.07, 6.45) is 0. The summed E-state index contributed by atoms with van der Waals surface area (Å²) >= 11 is 0.